The Morgan fingerprint density at radius 3 is 2.38 bits per heavy atom. The highest BCUT2D eigenvalue weighted by Gasteiger charge is 2.21. The fourth-order valence-electron chi connectivity index (χ4n) is 3.05. The molecular weight excluding hydrogens is 330 g/mol. The maximum atomic E-state index is 12.5. The van der Waals surface area contributed by atoms with E-state index in [9.17, 15) is 14.7 Å². The summed E-state index contributed by atoms with van der Waals surface area (Å²) in [5.74, 6) is -0.452. The average molecular weight is 347 g/mol. The molecule has 0 aromatic heterocycles. The molecule has 130 valence electrons. The molecule has 0 saturated carbocycles. The largest absolute Gasteiger partial charge is 0.507 e. The van der Waals surface area contributed by atoms with Gasteiger partial charge in [0.25, 0.3) is 5.91 Å². The summed E-state index contributed by atoms with van der Waals surface area (Å²) in [5, 5.41) is 17.4. The van der Waals surface area contributed by atoms with E-state index in [2.05, 4.69) is 10.6 Å². The topological polar surface area (TPSA) is 81.7 Å². The van der Waals surface area contributed by atoms with Gasteiger partial charge in [0.1, 0.15) is 5.75 Å². The van der Waals surface area contributed by atoms with E-state index in [0.29, 0.717) is 18.8 Å². The molecule has 0 atom stereocenters. The quantitative estimate of drug-likeness (QED) is 0.680. The third-order valence-corrected chi connectivity index (χ3v) is 4.40. The Labute approximate surface area is 150 Å². The van der Waals surface area contributed by atoms with Gasteiger partial charge in [-0.25, -0.2) is 4.79 Å². The summed E-state index contributed by atoms with van der Waals surface area (Å²) in [6, 6.07) is 17.7. The first-order chi connectivity index (χ1) is 12.6. The first-order valence-corrected chi connectivity index (χ1v) is 8.30. The molecule has 3 aromatic carbocycles. The van der Waals surface area contributed by atoms with Crippen LogP contribution in [0.4, 0.5) is 16.2 Å². The number of aromatic hydroxyl groups is 1. The number of nitrogens with one attached hydrogen (secondary N) is 2. The zero-order chi connectivity index (χ0) is 18.1. The number of carbonyl (C=O) groups excluding carboxylic acids is 2. The van der Waals surface area contributed by atoms with Crippen molar-refractivity contribution in [1.82, 2.24) is 5.32 Å². The maximum Gasteiger partial charge on any atom is 0.321 e. The summed E-state index contributed by atoms with van der Waals surface area (Å²) in [7, 11) is 0. The molecule has 6 nitrogen and oxygen atoms in total. The number of hydrogen-bond donors (Lipinski definition) is 3. The van der Waals surface area contributed by atoms with E-state index in [1.165, 1.54) is 0 Å². The highest BCUT2D eigenvalue weighted by atomic mass is 16.3. The molecule has 1 aliphatic rings. The lowest BCUT2D eigenvalue weighted by atomic mass is 10.1. The van der Waals surface area contributed by atoms with Crippen molar-refractivity contribution in [3.05, 3.63) is 66.2 Å². The van der Waals surface area contributed by atoms with Crippen molar-refractivity contribution in [3.63, 3.8) is 0 Å². The van der Waals surface area contributed by atoms with Crippen molar-refractivity contribution in [1.29, 1.82) is 0 Å². The molecule has 3 N–H and O–H groups in total. The van der Waals surface area contributed by atoms with Gasteiger partial charge in [-0.3, -0.25) is 9.69 Å². The minimum atomic E-state index is -0.389. The SMILES string of the molecule is O=C(Nc1ccc(N2CCNC2=O)cc1)c1cc2ccccc2cc1O. The molecule has 4 rings (SSSR count). The summed E-state index contributed by atoms with van der Waals surface area (Å²) in [5.41, 5.74) is 1.57. The molecule has 0 unspecified atom stereocenters. The molecule has 0 radical (unpaired) electrons. The van der Waals surface area contributed by atoms with Gasteiger partial charge >= 0.3 is 6.03 Å². The fourth-order valence-corrected chi connectivity index (χ4v) is 3.05. The first-order valence-electron chi connectivity index (χ1n) is 8.30. The molecular formula is C20H17N3O3. The van der Waals surface area contributed by atoms with Gasteiger partial charge < -0.3 is 15.7 Å². The van der Waals surface area contributed by atoms with E-state index in [1.807, 2.05) is 24.3 Å². The number of anilines is 2. The van der Waals surface area contributed by atoms with Gasteiger partial charge in [-0.1, -0.05) is 24.3 Å². The number of benzene rings is 3. The molecule has 1 saturated heterocycles. The van der Waals surface area contributed by atoms with Crippen LogP contribution in [0.15, 0.2) is 60.7 Å². The molecule has 1 fully saturated rings. The van der Waals surface area contributed by atoms with Crippen molar-refractivity contribution in [2.24, 2.45) is 0 Å². The molecule has 0 bridgehead atoms. The predicted octanol–water partition coefficient (Wildman–Crippen LogP) is 3.33. The Morgan fingerprint density at radius 1 is 1.04 bits per heavy atom. The third kappa shape index (κ3) is 2.93. The molecule has 3 amide bonds. The number of hydrogen-bond acceptors (Lipinski definition) is 3. The standard InChI is InChI=1S/C20H17N3O3/c24-18-12-14-4-2-1-3-13(14)11-17(18)19(25)22-15-5-7-16(8-6-15)23-10-9-21-20(23)26/h1-8,11-12,24H,9-10H2,(H,21,26)(H,22,25). The van der Waals surface area contributed by atoms with Crippen molar-refractivity contribution in [2.45, 2.75) is 0 Å². The van der Waals surface area contributed by atoms with Gasteiger partial charge in [0, 0.05) is 24.5 Å². The molecule has 3 aromatic rings. The van der Waals surface area contributed by atoms with E-state index in [-0.39, 0.29) is 23.3 Å². The predicted molar refractivity (Wildman–Crippen MR) is 101 cm³/mol. The van der Waals surface area contributed by atoms with E-state index in [4.69, 9.17) is 0 Å². The Morgan fingerprint density at radius 2 is 1.73 bits per heavy atom. The number of urea groups is 1. The molecule has 0 aliphatic carbocycles. The van der Waals surface area contributed by atoms with Crippen LogP contribution in [0.3, 0.4) is 0 Å². The molecule has 26 heavy (non-hydrogen) atoms. The summed E-state index contributed by atoms with van der Waals surface area (Å²) < 4.78 is 0. The van der Waals surface area contributed by atoms with Gasteiger partial charge in [0.15, 0.2) is 0 Å². The molecule has 0 spiro atoms. The van der Waals surface area contributed by atoms with Crippen LogP contribution in [0.1, 0.15) is 10.4 Å². The Bertz CT molecular complexity index is 999. The number of fused-ring (bicyclic) bond motifs is 1. The summed E-state index contributed by atoms with van der Waals surface area (Å²) in [6.45, 7) is 1.24. The van der Waals surface area contributed by atoms with E-state index in [1.54, 1.807) is 41.3 Å². The van der Waals surface area contributed by atoms with Crippen molar-refractivity contribution in [2.75, 3.05) is 23.3 Å². The molecule has 1 aliphatic heterocycles. The third-order valence-electron chi connectivity index (χ3n) is 4.40. The van der Waals surface area contributed by atoms with Crippen molar-refractivity contribution in [3.8, 4) is 5.75 Å². The zero-order valence-electron chi connectivity index (χ0n) is 13.9. The van der Waals surface area contributed by atoms with Gasteiger partial charge in [-0.2, -0.15) is 0 Å². The number of phenolic OH excluding ortho intramolecular Hbond substituents is 1. The number of rotatable bonds is 3. The van der Waals surface area contributed by atoms with Crippen LogP contribution in [0.2, 0.25) is 0 Å². The van der Waals surface area contributed by atoms with Crippen LogP contribution in [0, 0.1) is 0 Å². The summed E-state index contributed by atoms with van der Waals surface area (Å²) >= 11 is 0. The fraction of sp³-hybridized carbons (Fsp3) is 0.100. The van der Waals surface area contributed by atoms with Crippen LogP contribution in [0.5, 0.6) is 5.75 Å². The monoisotopic (exact) mass is 347 g/mol. The maximum absolute atomic E-state index is 12.5. The van der Waals surface area contributed by atoms with Gasteiger partial charge in [0.05, 0.1) is 5.56 Å². The van der Waals surface area contributed by atoms with Crippen LogP contribution in [0.25, 0.3) is 10.8 Å². The van der Waals surface area contributed by atoms with Crippen LogP contribution < -0.4 is 15.5 Å². The number of nitrogens with zero attached hydrogens (tertiary/aromatic N) is 1. The number of phenols is 1. The second-order valence-corrected chi connectivity index (χ2v) is 6.10. The molecule has 1 heterocycles. The minimum Gasteiger partial charge on any atom is -0.507 e. The van der Waals surface area contributed by atoms with Gasteiger partial charge in [-0.05, 0) is 47.2 Å². The smallest absolute Gasteiger partial charge is 0.321 e. The van der Waals surface area contributed by atoms with E-state index < -0.39 is 0 Å². The Hall–Kier alpha value is -3.54. The van der Waals surface area contributed by atoms with Gasteiger partial charge in [-0.15, -0.1) is 0 Å². The lowest BCUT2D eigenvalue weighted by molar-refractivity contribution is 0.102. The number of carbonyl (C=O) groups is 2. The Balaban J connectivity index is 1.54. The summed E-state index contributed by atoms with van der Waals surface area (Å²) in [4.78, 5) is 25.9. The van der Waals surface area contributed by atoms with E-state index >= 15 is 0 Å². The lowest BCUT2D eigenvalue weighted by Crippen LogP contribution is -2.27. The average Bonchev–Trinajstić information content (AvgIpc) is 3.07. The van der Waals surface area contributed by atoms with Crippen molar-refractivity contribution >= 4 is 34.1 Å². The summed E-state index contributed by atoms with van der Waals surface area (Å²) in [6.07, 6.45) is 0. The zero-order valence-corrected chi connectivity index (χ0v) is 13.9. The number of amides is 3. The molecule has 6 heteroatoms. The highest BCUT2D eigenvalue weighted by molar-refractivity contribution is 6.08. The lowest BCUT2D eigenvalue weighted by Gasteiger charge is -2.15. The second kappa shape index (κ2) is 6.40. The van der Waals surface area contributed by atoms with E-state index in [0.717, 1.165) is 16.5 Å². The van der Waals surface area contributed by atoms with Crippen LogP contribution in [-0.4, -0.2) is 30.1 Å². The van der Waals surface area contributed by atoms with Gasteiger partial charge in [0.2, 0.25) is 0 Å². The van der Waals surface area contributed by atoms with Crippen LogP contribution >= 0.6 is 0 Å². The normalized spacial score (nSPS) is 13.7. The first kappa shape index (κ1) is 16.0. The Kier molecular flexibility index (Phi) is 3.93. The second-order valence-electron chi connectivity index (χ2n) is 6.10. The minimum absolute atomic E-state index is 0.0634. The highest BCUT2D eigenvalue weighted by Crippen LogP contribution is 2.26. The van der Waals surface area contributed by atoms with Crippen LogP contribution in [-0.2, 0) is 0 Å². The van der Waals surface area contributed by atoms with Crippen molar-refractivity contribution < 1.29 is 14.7 Å².